The number of amides is 4. The number of nitrogens with zero attached hydrogens (tertiary/aromatic N) is 3. The zero-order valence-electron chi connectivity index (χ0n) is 11.1. The van der Waals surface area contributed by atoms with E-state index in [1.807, 2.05) is 0 Å². The Kier molecular flexibility index (Phi) is 4.36. The standard InChI is InChI=1S/C12H19N3O4/c1-13-9-11(17)14(12(13)18)6-4-5-10(16)15-7-2-3-8-19-15/h2-9H2,1H3. The Morgan fingerprint density at radius 2 is 2.11 bits per heavy atom. The van der Waals surface area contributed by atoms with Crippen molar-refractivity contribution in [3.8, 4) is 0 Å². The zero-order chi connectivity index (χ0) is 13.8. The van der Waals surface area contributed by atoms with Crippen LogP contribution in [0.4, 0.5) is 4.79 Å². The summed E-state index contributed by atoms with van der Waals surface area (Å²) in [5.41, 5.74) is 0. The quantitative estimate of drug-likeness (QED) is 0.684. The lowest BCUT2D eigenvalue weighted by molar-refractivity contribution is -0.197. The van der Waals surface area contributed by atoms with E-state index in [0.717, 1.165) is 12.8 Å². The van der Waals surface area contributed by atoms with Crippen molar-refractivity contribution in [3.63, 3.8) is 0 Å². The van der Waals surface area contributed by atoms with Gasteiger partial charge in [-0.1, -0.05) is 0 Å². The van der Waals surface area contributed by atoms with Crippen molar-refractivity contribution in [2.24, 2.45) is 0 Å². The molecule has 0 bridgehead atoms. The van der Waals surface area contributed by atoms with Gasteiger partial charge in [0, 0.05) is 26.6 Å². The first-order valence-corrected chi connectivity index (χ1v) is 6.58. The van der Waals surface area contributed by atoms with Crippen LogP contribution in [0, 0.1) is 0 Å². The molecule has 0 radical (unpaired) electrons. The third-order valence-corrected chi connectivity index (χ3v) is 3.28. The molecule has 0 N–H and O–H groups in total. The molecule has 0 atom stereocenters. The molecule has 2 saturated heterocycles. The largest absolute Gasteiger partial charge is 0.326 e. The first kappa shape index (κ1) is 13.8. The third kappa shape index (κ3) is 3.23. The second-order valence-corrected chi connectivity index (χ2v) is 4.82. The molecule has 2 rings (SSSR count). The highest BCUT2D eigenvalue weighted by molar-refractivity contribution is 6.01. The van der Waals surface area contributed by atoms with Crippen LogP contribution in [0.2, 0.25) is 0 Å². The molecule has 2 aliphatic heterocycles. The van der Waals surface area contributed by atoms with E-state index in [-0.39, 0.29) is 24.4 Å². The molecule has 4 amide bonds. The van der Waals surface area contributed by atoms with Crippen LogP contribution in [0.1, 0.15) is 25.7 Å². The summed E-state index contributed by atoms with van der Waals surface area (Å²) in [6, 6.07) is -0.285. The Hall–Kier alpha value is -1.63. The average molecular weight is 269 g/mol. The second-order valence-electron chi connectivity index (χ2n) is 4.82. The first-order chi connectivity index (χ1) is 9.09. The number of urea groups is 1. The van der Waals surface area contributed by atoms with E-state index in [4.69, 9.17) is 4.84 Å². The summed E-state index contributed by atoms with van der Waals surface area (Å²) in [4.78, 5) is 42.7. The van der Waals surface area contributed by atoms with Gasteiger partial charge < -0.3 is 4.90 Å². The highest BCUT2D eigenvalue weighted by atomic mass is 16.7. The zero-order valence-corrected chi connectivity index (χ0v) is 11.1. The first-order valence-electron chi connectivity index (χ1n) is 6.58. The van der Waals surface area contributed by atoms with Gasteiger partial charge >= 0.3 is 6.03 Å². The lowest BCUT2D eigenvalue weighted by atomic mass is 10.2. The predicted molar refractivity (Wildman–Crippen MR) is 65.9 cm³/mol. The Morgan fingerprint density at radius 1 is 1.32 bits per heavy atom. The van der Waals surface area contributed by atoms with Crippen LogP contribution in [0.15, 0.2) is 0 Å². The van der Waals surface area contributed by atoms with Crippen molar-refractivity contribution < 1.29 is 19.2 Å². The Bertz CT molecular complexity index is 379. The minimum absolute atomic E-state index is 0.0767. The summed E-state index contributed by atoms with van der Waals surface area (Å²) >= 11 is 0. The molecule has 0 aromatic heterocycles. The fraction of sp³-hybridized carbons (Fsp3) is 0.750. The van der Waals surface area contributed by atoms with Crippen LogP contribution < -0.4 is 0 Å². The van der Waals surface area contributed by atoms with Gasteiger partial charge in [0.2, 0.25) is 11.8 Å². The van der Waals surface area contributed by atoms with Crippen LogP contribution in [-0.2, 0) is 14.4 Å². The van der Waals surface area contributed by atoms with E-state index in [1.54, 1.807) is 7.05 Å². The molecule has 106 valence electrons. The SMILES string of the molecule is CN1CC(=O)N(CCCC(=O)N2CCCCO2)C1=O. The number of carbonyl (C=O) groups is 3. The Labute approximate surface area is 112 Å². The molecular weight excluding hydrogens is 250 g/mol. The van der Waals surface area contributed by atoms with Crippen LogP contribution in [0.25, 0.3) is 0 Å². The van der Waals surface area contributed by atoms with Gasteiger partial charge in [0.15, 0.2) is 0 Å². The molecule has 7 heteroatoms. The van der Waals surface area contributed by atoms with Crippen molar-refractivity contribution >= 4 is 17.8 Å². The van der Waals surface area contributed by atoms with Gasteiger partial charge in [-0.05, 0) is 19.3 Å². The molecule has 19 heavy (non-hydrogen) atoms. The normalized spacial score (nSPS) is 20.4. The van der Waals surface area contributed by atoms with Crippen LogP contribution in [0.3, 0.4) is 0 Å². The predicted octanol–water partition coefficient (Wildman–Crippen LogP) is 0.215. The number of hydroxylamine groups is 2. The fourth-order valence-electron chi connectivity index (χ4n) is 2.20. The summed E-state index contributed by atoms with van der Waals surface area (Å²) in [6.07, 6.45) is 2.71. The lowest BCUT2D eigenvalue weighted by Gasteiger charge is -2.26. The maximum atomic E-state index is 11.8. The van der Waals surface area contributed by atoms with Crippen LogP contribution >= 0.6 is 0 Å². The smallest absolute Gasteiger partial charge is 0.318 e. The van der Waals surface area contributed by atoms with E-state index in [9.17, 15) is 14.4 Å². The Morgan fingerprint density at radius 3 is 2.68 bits per heavy atom. The topological polar surface area (TPSA) is 70.2 Å². The minimum atomic E-state index is -0.285. The highest BCUT2D eigenvalue weighted by Crippen LogP contribution is 2.11. The van der Waals surface area contributed by atoms with E-state index in [2.05, 4.69) is 0 Å². The van der Waals surface area contributed by atoms with Gasteiger partial charge in [-0.3, -0.25) is 19.3 Å². The lowest BCUT2D eigenvalue weighted by Crippen LogP contribution is -2.37. The molecule has 7 nitrogen and oxygen atoms in total. The van der Waals surface area contributed by atoms with E-state index in [0.29, 0.717) is 32.5 Å². The molecular formula is C12H19N3O4. The molecule has 2 aliphatic rings. The molecule has 2 heterocycles. The minimum Gasteiger partial charge on any atom is -0.318 e. The van der Waals surface area contributed by atoms with Crippen LogP contribution in [-0.4, -0.2) is 66.0 Å². The number of imide groups is 1. The molecule has 0 aliphatic carbocycles. The van der Waals surface area contributed by atoms with E-state index in [1.165, 1.54) is 14.9 Å². The molecule has 0 aromatic carbocycles. The van der Waals surface area contributed by atoms with Crippen LogP contribution in [0.5, 0.6) is 0 Å². The Balaban J connectivity index is 1.72. The van der Waals surface area contributed by atoms with Gasteiger partial charge in [-0.2, -0.15) is 0 Å². The van der Waals surface area contributed by atoms with Gasteiger partial charge in [0.25, 0.3) is 0 Å². The summed E-state index contributed by atoms with van der Waals surface area (Å²) in [5.74, 6) is -0.277. The fourth-order valence-corrected chi connectivity index (χ4v) is 2.20. The molecule has 0 aromatic rings. The van der Waals surface area contributed by atoms with Gasteiger partial charge in [0.1, 0.15) is 6.54 Å². The van der Waals surface area contributed by atoms with Gasteiger partial charge in [0.05, 0.1) is 6.61 Å². The van der Waals surface area contributed by atoms with Crippen molar-refractivity contribution in [2.45, 2.75) is 25.7 Å². The van der Waals surface area contributed by atoms with E-state index >= 15 is 0 Å². The number of likely N-dealkylation sites (N-methyl/N-ethyl adjacent to an activating group) is 1. The summed E-state index contributed by atoms with van der Waals surface area (Å²) in [6.45, 7) is 1.63. The monoisotopic (exact) mass is 269 g/mol. The molecule has 0 saturated carbocycles. The molecule has 0 spiro atoms. The summed E-state index contributed by atoms with van der Waals surface area (Å²) in [7, 11) is 1.59. The summed E-state index contributed by atoms with van der Waals surface area (Å²) in [5, 5.41) is 1.39. The third-order valence-electron chi connectivity index (χ3n) is 3.28. The highest BCUT2D eigenvalue weighted by Gasteiger charge is 2.33. The van der Waals surface area contributed by atoms with E-state index < -0.39 is 0 Å². The number of hydrogen-bond acceptors (Lipinski definition) is 4. The number of rotatable bonds is 4. The second kappa shape index (κ2) is 6.01. The van der Waals surface area contributed by atoms with Crippen molar-refractivity contribution in [1.29, 1.82) is 0 Å². The van der Waals surface area contributed by atoms with Crippen molar-refractivity contribution in [1.82, 2.24) is 14.9 Å². The molecule has 0 unspecified atom stereocenters. The van der Waals surface area contributed by atoms with Crippen molar-refractivity contribution in [3.05, 3.63) is 0 Å². The maximum Gasteiger partial charge on any atom is 0.326 e. The summed E-state index contributed by atoms with van der Waals surface area (Å²) < 4.78 is 0. The average Bonchev–Trinajstić information content (AvgIpc) is 2.66. The number of carbonyl (C=O) groups excluding carboxylic acids is 3. The van der Waals surface area contributed by atoms with Gasteiger partial charge in [-0.25, -0.2) is 9.86 Å². The van der Waals surface area contributed by atoms with Crippen molar-refractivity contribution in [2.75, 3.05) is 33.3 Å². The maximum absolute atomic E-state index is 11.8. The molecule has 2 fully saturated rings. The van der Waals surface area contributed by atoms with Gasteiger partial charge in [-0.15, -0.1) is 0 Å². The number of hydrogen-bond donors (Lipinski definition) is 0.